The van der Waals surface area contributed by atoms with Crippen molar-refractivity contribution in [1.82, 2.24) is 14.7 Å². The van der Waals surface area contributed by atoms with E-state index in [9.17, 15) is 17.9 Å². The average molecular weight is 408 g/mol. The van der Waals surface area contributed by atoms with Crippen molar-refractivity contribution < 1.29 is 22.7 Å². The molecule has 1 aliphatic rings. The molecule has 0 aliphatic heterocycles. The summed E-state index contributed by atoms with van der Waals surface area (Å²) in [6.45, 7) is 3.26. The highest BCUT2D eigenvalue weighted by Gasteiger charge is 2.28. The average Bonchev–Trinajstić information content (AvgIpc) is 3.07. The molecule has 0 spiro atoms. The van der Waals surface area contributed by atoms with E-state index in [2.05, 4.69) is 26.6 Å². The fourth-order valence-corrected chi connectivity index (χ4v) is 3.58. The molecule has 0 bridgehead atoms. The van der Waals surface area contributed by atoms with Crippen LogP contribution in [0, 0.1) is 0 Å². The van der Waals surface area contributed by atoms with E-state index in [1.807, 2.05) is 0 Å². The van der Waals surface area contributed by atoms with Crippen molar-refractivity contribution in [2.24, 2.45) is 0 Å². The predicted octanol–water partition coefficient (Wildman–Crippen LogP) is 2.36. The quantitative estimate of drug-likeness (QED) is 0.644. The Labute approximate surface area is 162 Å². The summed E-state index contributed by atoms with van der Waals surface area (Å²) in [6, 6.07) is 5.96. The molecule has 10 heteroatoms. The number of halogens is 1. The number of aromatic nitrogens is 2. The first-order valence-electron chi connectivity index (χ1n) is 8.67. The molecule has 1 heterocycles. The van der Waals surface area contributed by atoms with Gasteiger partial charge in [-0.2, -0.15) is 4.98 Å². The zero-order valence-corrected chi connectivity index (χ0v) is 16.0. The Morgan fingerprint density at radius 3 is 2.61 bits per heavy atom. The maximum Gasteiger partial charge on any atom is 0.240 e. The van der Waals surface area contributed by atoms with Gasteiger partial charge in [0.05, 0.1) is 16.6 Å². The van der Waals surface area contributed by atoms with E-state index in [0.717, 1.165) is 6.42 Å². The maximum absolute atomic E-state index is 13.7. The van der Waals surface area contributed by atoms with Crippen LogP contribution < -0.4 is 14.8 Å². The zero-order chi connectivity index (χ0) is 20.3. The number of benzene rings is 1. The van der Waals surface area contributed by atoms with Crippen LogP contribution in [-0.4, -0.2) is 42.7 Å². The Morgan fingerprint density at radius 1 is 1.32 bits per heavy atom. The molecular weight excluding hydrogens is 387 g/mol. The minimum absolute atomic E-state index is 0.00895. The highest BCUT2D eigenvalue weighted by Crippen LogP contribution is 2.30. The number of ether oxygens (including phenoxy) is 1. The Kier molecular flexibility index (Phi) is 5.92. The lowest BCUT2D eigenvalue weighted by molar-refractivity contribution is 0.0571. The molecule has 1 aromatic carbocycles. The lowest BCUT2D eigenvalue weighted by Gasteiger charge is -2.18. The van der Waals surface area contributed by atoms with E-state index in [1.165, 1.54) is 25.4 Å². The third-order valence-corrected chi connectivity index (χ3v) is 5.85. The van der Waals surface area contributed by atoms with Gasteiger partial charge < -0.3 is 15.2 Å². The first kappa shape index (κ1) is 20.2. The van der Waals surface area contributed by atoms with Crippen LogP contribution >= 0.6 is 0 Å². The highest BCUT2D eigenvalue weighted by molar-refractivity contribution is 7.89. The Morgan fingerprint density at radius 2 is 2.04 bits per heavy atom. The standard InChI is InChI=1S/C18H21FN4O4S/c1-11(19)14-10-21-18(23-17(14)27-16-5-3-4-15(16)24)22-12-6-8-13(9-7-12)28(25,26)20-2/h6-10,15-16,20,24H,1,3-5H2,2H3,(H,21,22,23)/t15-,16+/m1/s1. The van der Waals surface area contributed by atoms with Gasteiger partial charge in [-0.1, -0.05) is 6.58 Å². The number of sulfonamides is 1. The minimum Gasteiger partial charge on any atom is -0.471 e. The predicted molar refractivity (Wildman–Crippen MR) is 102 cm³/mol. The van der Waals surface area contributed by atoms with Gasteiger partial charge in [-0.3, -0.25) is 0 Å². The molecule has 0 saturated heterocycles. The SMILES string of the molecule is C=C(F)c1cnc(Nc2ccc(S(=O)(=O)NC)cc2)nc1O[C@H]1CCC[C@H]1O. The smallest absolute Gasteiger partial charge is 0.240 e. The van der Waals surface area contributed by atoms with Gasteiger partial charge in [-0.25, -0.2) is 22.5 Å². The van der Waals surface area contributed by atoms with Gasteiger partial charge in [-0.15, -0.1) is 0 Å². The molecule has 3 rings (SSSR count). The number of aliphatic hydroxyl groups excluding tert-OH is 1. The second-order valence-electron chi connectivity index (χ2n) is 6.33. The van der Waals surface area contributed by atoms with Gasteiger partial charge in [-0.05, 0) is 50.6 Å². The van der Waals surface area contributed by atoms with Crippen LogP contribution in [0.1, 0.15) is 24.8 Å². The summed E-state index contributed by atoms with van der Waals surface area (Å²) in [5, 5.41) is 12.9. The number of anilines is 2. The fourth-order valence-electron chi connectivity index (χ4n) is 2.85. The van der Waals surface area contributed by atoms with E-state index in [-0.39, 0.29) is 22.3 Å². The molecular formula is C18H21FN4O4S. The first-order chi connectivity index (χ1) is 13.3. The number of rotatable bonds is 7. The van der Waals surface area contributed by atoms with Crippen LogP contribution in [0.25, 0.3) is 5.83 Å². The van der Waals surface area contributed by atoms with Gasteiger partial charge in [0.25, 0.3) is 0 Å². The lowest BCUT2D eigenvalue weighted by atomic mass is 10.2. The third kappa shape index (κ3) is 4.46. The number of aliphatic hydroxyl groups is 1. The van der Waals surface area contributed by atoms with Crippen molar-refractivity contribution in [2.75, 3.05) is 12.4 Å². The van der Waals surface area contributed by atoms with Crippen LogP contribution in [0.4, 0.5) is 16.0 Å². The molecule has 3 N–H and O–H groups in total. The van der Waals surface area contributed by atoms with Gasteiger partial charge in [0.1, 0.15) is 11.9 Å². The van der Waals surface area contributed by atoms with Gasteiger partial charge >= 0.3 is 0 Å². The van der Waals surface area contributed by atoms with E-state index < -0.39 is 28.1 Å². The van der Waals surface area contributed by atoms with Gasteiger partial charge in [0.2, 0.25) is 21.9 Å². The maximum atomic E-state index is 13.7. The van der Waals surface area contributed by atoms with Crippen molar-refractivity contribution in [3.05, 3.63) is 42.6 Å². The molecule has 2 atom stereocenters. The molecule has 1 saturated carbocycles. The molecule has 0 unspecified atom stereocenters. The molecule has 150 valence electrons. The Bertz CT molecular complexity index is 966. The van der Waals surface area contributed by atoms with E-state index in [0.29, 0.717) is 18.5 Å². The summed E-state index contributed by atoms with van der Waals surface area (Å²) in [6.07, 6.45) is 2.23. The van der Waals surface area contributed by atoms with Crippen molar-refractivity contribution >= 4 is 27.5 Å². The number of hydrogen-bond acceptors (Lipinski definition) is 7. The van der Waals surface area contributed by atoms with Crippen LogP contribution in [0.15, 0.2) is 41.9 Å². The van der Waals surface area contributed by atoms with Crippen LogP contribution in [0.5, 0.6) is 5.88 Å². The second kappa shape index (κ2) is 8.21. The van der Waals surface area contributed by atoms with Gasteiger partial charge in [0, 0.05) is 11.9 Å². The molecule has 8 nitrogen and oxygen atoms in total. The van der Waals surface area contributed by atoms with E-state index in [1.54, 1.807) is 12.1 Å². The lowest BCUT2D eigenvalue weighted by Crippen LogP contribution is -2.26. The van der Waals surface area contributed by atoms with Crippen LogP contribution in [-0.2, 0) is 10.0 Å². The minimum atomic E-state index is -3.53. The fraction of sp³-hybridized carbons (Fsp3) is 0.333. The second-order valence-corrected chi connectivity index (χ2v) is 8.22. The zero-order valence-electron chi connectivity index (χ0n) is 15.2. The van der Waals surface area contributed by atoms with Crippen molar-refractivity contribution in [3.8, 4) is 5.88 Å². The molecule has 0 amide bonds. The summed E-state index contributed by atoms with van der Waals surface area (Å²) in [5.41, 5.74) is 0.550. The summed E-state index contributed by atoms with van der Waals surface area (Å²) < 4.78 is 45.2. The molecule has 28 heavy (non-hydrogen) atoms. The Balaban J connectivity index is 1.82. The summed E-state index contributed by atoms with van der Waals surface area (Å²) in [5.74, 6) is -0.613. The normalized spacial score (nSPS) is 19.4. The Hall–Kier alpha value is -2.56. The summed E-state index contributed by atoms with van der Waals surface area (Å²) >= 11 is 0. The van der Waals surface area contributed by atoms with Crippen molar-refractivity contribution in [2.45, 2.75) is 36.4 Å². The number of nitrogens with one attached hydrogen (secondary N) is 2. The molecule has 1 fully saturated rings. The largest absolute Gasteiger partial charge is 0.471 e. The third-order valence-electron chi connectivity index (χ3n) is 4.42. The molecule has 0 radical (unpaired) electrons. The van der Waals surface area contributed by atoms with Crippen molar-refractivity contribution in [1.29, 1.82) is 0 Å². The number of nitrogens with zero attached hydrogens (tertiary/aromatic N) is 2. The van der Waals surface area contributed by atoms with Crippen LogP contribution in [0.2, 0.25) is 0 Å². The van der Waals surface area contributed by atoms with E-state index in [4.69, 9.17) is 4.74 Å². The van der Waals surface area contributed by atoms with E-state index >= 15 is 0 Å². The van der Waals surface area contributed by atoms with Gasteiger partial charge in [0.15, 0.2) is 0 Å². The number of hydrogen-bond donors (Lipinski definition) is 3. The molecule has 2 aromatic rings. The summed E-state index contributed by atoms with van der Waals surface area (Å²) in [4.78, 5) is 8.34. The summed E-state index contributed by atoms with van der Waals surface area (Å²) in [7, 11) is -2.20. The highest BCUT2D eigenvalue weighted by atomic mass is 32.2. The van der Waals surface area contributed by atoms with Crippen LogP contribution in [0.3, 0.4) is 0 Å². The van der Waals surface area contributed by atoms with Crippen molar-refractivity contribution in [3.63, 3.8) is 0 Å². The first-order valence-corrected chi connectivity index (χ1v) is 10.2. The topological polar surface area (TPSA) is 113 Å². The molecule has 1 aliphatic carbocycles. The molecule has 1 aromatic heterocycles. The monoisotopic (exact) mass is 408 g/mol.